The van der Waals surface area contributed by atoms with E-state index in [2.05, 4.69) is 4.98 Å². The van der Waals surface area contributed by atoms with Gasteiger partial charge in [0.25, 0.3) is 5.56 Å². The number of fused-ring (bicyclic) bond motifs is 4. The number of ketones is 2. The molecule has 0 bridgehead atoms. The van der Waals surface area contributed by atoms with Crippen molar-refractivity contribution >= 4 is 45.2 Å². The van der Waals surface area contributed by atoms with E-state index < -0.39 is 23.3 Å². The number of phenols is 1. The zero-order chi connectivity index (χ0) is 34.2. The summed E-state index contributed by atoms with van der Waals surface area (Å²) in [5.41, 5.74) is 1.82. The number of carbonyl (C=O) groups is 2. The minimum atomic E-state index is -0.798. The number of aryl methyl sites for hydroxylation is 3. The Labute approximate surface area is 286 Å². The van der Waals surface area contributed by atoms with Gasteiger partial charge >= 0.3 is 11.4 Å². The number of para-hydroxylation sites is 1. The molecule has 3 heterocycles. The Balaban J connectivity index is 1.30. The van der Waals surface area contributed by atoms with Crippen LogP contribution in [0, 0.1) is 6.92 Å². The molecule has 0 fully saturated rings. The van der Waals surface area contributed by atoms with Crippen LogP contribution in [0.25, 0.3) is 11.0 Å². The third-order valence-corrected chi connectivity index (χ3v) is 10.3. The van der Waals surface area contributed by atoms with Crippen LogP contribution in [0.5, 0.6) is 17.2 Å². The van der Waals surface area contributed by atoms with Crippen LogP contribution >= 0.6 is 22.6 Å². The predicted molar refractivity (Wildman–Crippen MR) is 183 cm³/mol. The number of methoxy groups -OCH3 is 2. The third-order valence-electron chi connectivity index (χ3n) is 9.48. The number of benzene rings is 2. The summed E-state index contributed by atoms with van der Waals surface area (Å²) in [6.45, 7) is 1.65. The van der Waals surface area contributed by atoms with Crippen molar-refractivity contribution in [2.24, 2.45) is 7.05 Å². The molecule has 1 aliphatic heterocycles. The first-order valence-corrected chi connectivity index (χ1v) is 16.3. The highest BCUT2D eigenvalue weighted by Gasteiger charge is 2.45. The minimum absolute atomic E-state index is 0.00544. The molecule has 14 heteroatoms. The van der Waals surface area contributed by atoms with Gasteiger partial charge in [-0.15, -0.1) is 0 Å². The first-order valence-electron chi connectivity index (χ1n) is 15.2. The number of carbonyl (C=O) groups excluding carboxylic acids is 2. The summed E-state index contributed by atoms with van der Waals surface area (Å²) in [4.78, 5) is 72.6. The van der Waals surface area contributed by atoms with Gasteiger partial charge in [-0.3, -0.25) is 14.4 Å². The zero-order valence-corrected chi connectivity index (χ0v) is 28.6. The van der Waals surface area contributed by atoms with Crippen molar-refractivity contribution in [2.75, 3.05) is 14.2 Å². The Kier molecular flexibility index (Phi) is 7.64. The van der Waals surface area contributed by atoms with Gasteiger partial charge in [-0.05, 0) is 40.7 Å². The Morgan fingerprint density at radius 3 is 2.50 bits per heavy atom. The molecule has 13 nitrogen and oxygen atoms in total. The van der Waals surface area contributed by atoms with Crippen LogP contribution in [0.1, 0.15) is 35.2 Å². The number of Topliss-reactive ketones (excluding diaryl/α,β-unsaturated/α-hetero) is 1. The van der Waals surface area contributed by atoms with Crippen LogP contribution in [-0.2, 0) is 36.1 Å². The lowest BCUT2D eigenvalue weighted by Gasteiger charge is -2.39. The fourth-order valence-electron chi connectivity index (χ4n) is 7.07. The lowest BCUT2D eigenvalue weighted by Crippen LogP contribution is -2.40. The summed E-state index contributed by atoms with van der Waals surface area (Å²) in [5.74, 6) is -0.570. The molecule has 0 unspecified atom stereocenters. The quantitative estimate of drug-likeness (QED) is 0.177. The van der Waals surface area contributed by atoms with Crippen molar-refractivity contribution < 1.29 is 24.2 Å². The summed E-state index contributed by atoms with van der Waals surface area (Å²) in [6, 6.07) is 7.77. The van der Waals surface area contributed by atoms with Crippen molar-refractivity contribution in [2.45, 2.75) is 44.8 Å². The number of nitrogens with zero attached hydrogens (tertiary/aromatic N) is 5. The number of aromatic nitrogens is 5. The number of ether oxygens (including phenoxy) is 2. The number of phenolic OH excluding ortho intramolecular Hbond substituents is 1. The molecular weight excluding hydrogens is 733 g/mol. The van der Waals surface area contributed by atoms with Gasteiger partial charge in [0, 0.05) is 67.3 Å². The maximum absolute atomic E-state index is 14.1. The van der Waals surface area contributed by atoms with E-state index in [4.69, 9.17) is 9.47 Å². The Morgan fingerprint density at radius 2 is 1.77 bits per heavy atom. The summed E-state index contributed by atoms with van der Waals surface area (Å²) >= 11 is 1.85. The lowest BCUT2D eigenvalue weighted by molar-refractivity contribution is -0.115. The van der Waals surface area contributed by atoms with E-state index in [9.17, 15) is 29.1 Å². The second-order valence-corrected chi connectivity index (χ2v) is 13.1. The monoisotopic (exact) mass is 763 g/mol. The Bertz CT molecular complexity index is 2390. The van der Waals surface area contributed by atoms with Crippen molar-refractivity contribution in [3.63, 3.8) is 0 Å². The smallest absolute Gasteiger partial charge is 0.347 e. The van der Waals surface area contributed by atoms with Crippen molar-refractivity contribution in [3.8, 4) is 17.2 Å². The van der Waals surface area contributed by atoms with Crippen molar-refractivity contribution in [1.82, 2.24) is 23.5 Å². The van der Waals surface area contributed by atoms with Gasteiger partial charge in [0.05, 0.1) is 41.4 Å². The van der Waals surface area contributed by atoms with E-state index in [0.717, 1.165) is 4.57 Å². The predicted octanol–water partition coefficient (Wildman–Crippen LogP) is 2.77. The summed E-state index contributed by atoms with van der Waals surface area (Å²) in [6.07, 6.45) is 3.11. The molecule has 2 aromatic carbocycles. The highest BCUT2D eigenvalue weighted by molar-refractivity contribution is 14.1. The molecule has 48 heavy (non-hydrogen) atoms. The Morgan fingerprint density at radius 1 is 1.04 bits per heavy atom. The first-order chi connectivity index (χ1) is 23.0. The van der Waals surface area contributed by atoms with Gasteiger partial charge in [-0.25, -0.2) is 28.5 Å². The van der Waals surface area contributed by atoms with Gasteiger partial charge in [-0.1, -0.05) is 24.3 Å². The standard InChI is InChI=1S/C34H30IN5O8/c1-16-6-5-7-18(30(16)42)28-17-8-11-39-33(45)38(34(46)40(39)23(17)12-19-25(41)13-20(35)31(43)29(19)28)10-9-21-32(44)37(2)24-15-27(48-4)26(47-3)14-22(24)36-21/h5-8,13-15,23,28,42H,9-12H2,1-4H3/t23-,28-/m1/s1. The molecule has 2 aromatic heterocycles. The van der Waals surface area contributed by atoms with E-state index in [1.165, 1.54) is 34.2 Å². The third kappa shape index (κ3) is 4.64. The molecule has 4 aromatic rings. The lowest BCUT2D eigenvalue weighted by atomic mass is 9.68. The molecule has 2 aliphatic carbocycles. The van der Waals surface area contributed by atoms with Crippen LogP contribution < -0.4 is 26.4 Å². The zero-order valence-electron chi connectivity index (χ0n) is 26.4. The minimum Gasteiger partial charge on any atom is -0.507 e. The second kappa shape index (κ2) is 11.6. The molecule has 0 amide bonds. The van der Waals surface area contributed by atoms with Crippen LogP contribution in [0.4, 0.5) is 0 Å². The number of halogens is 1. The fraction of sp³-hybridized carbons (Fsp3) is 0.294. The molecule has 1 N–H and O–H groups in total. The molecule has 0 spiro atoms. The van der Waals surface area contributed by atoms with Crippen LogP contribution in [0.15, 0.2) is 77.2 Å². The van der Waals surface area contributed by atoms with Gasteiger partial charge in [0.2, 0.25) is 0 Å². The molecule has 246 valence electrons. The van der Waals surface area contributed by atoms with E-state index >= 15 is 0 Å². The molecule has 2 atom stereocenters. The van der Waals surface area contributed by atoms with Crippen molar-refractivity contribution in [1.29, 1.82) is 0 Å². The van der Waals surface area contributed by atoms with Crippen LogP contribution in [0.2, 0.25) is 0 Å². The van der Waals surface area contributed by atoms with Crippen LogP contribution in [0.3, 0.4) is 0 Å². The summed E-state index contributed by atoms with van der Waals surface area (Å²) in [7, 11) is 4.60. The summed E-state index contributed by atoms with van der Waals surface area (Å²) < 4.78 is 16.2. The molecule has 7 rings (SSSR count). The largest absolute Gasteiger partial charge is 0.507 e. The van der Waals surface area contributed by atoms with Gasteiger partial charge in [0.1, 0.15) is 11.4 Å². The van der Waals surface area contributed by atoms with Crippen molar-refractivity contribution in [3.05, 3.63) is 111 Å². The van der Waals surface area contributed by atoms with Gasteiger partial charge in [0.15, 0.2) is 23.1 Å². The molecule has 3 aliphatic rings. The van der Waals surface area contributed by atoms with Gasteiger partial charge < -0.3 is 19.1 Å². The maximum Gasteiger partial charge on any atom is 0.347 e. The number of hydrogen-bond donors (Lipinski definition) is 1. The average Bonchev–Trinajstić information content (AvgIpc) is 3.32. The molecule has 0 saturated carbocycles. The molecular formula is C34H30IN5O8. The molecule has 0 saturated heterocycles. The normalized spacial score (nSPS) is 18.7. The van der Waals surface area contributed by atoms with Crippen LogP contribution in [-0.4, -0.2) is 54.4 Å². The number of hydrogen-bond acceptors (Lipinski definition) is 9. The second-order valence-electron chi connectivity index (χ2n) is 12.0. The number of rotatable bonds is 6. The number of allylic oxidation sites excluding steroid dienone is 6. The van der Waals surface area contributed by atoms with E-state index in [1.54, 1.807) is 50.4 Å². The van der Waals surface area contributed by atoms with Gasteiger partial charge in [-0.2, -0.15) is 0 Å². The highest BCUT2D eigenvalue weighted by Crippen LogP contribution is 2.52. The number of aromatic hydroxyl groups is 1. The fourth-order valence-corrected chi connectivity index (χ4v) is 7.64. The SMILES string of the molecule is COc1cc2nc(CCn3c(=O)n4n(c3=O)[C@@H]3CC5=C(C(=O)C(I)=CC5=O)[C@@H](c5cccc(C)c5O)C3=CC4)c(=O)n(C)c2cc1OC. The molecule has 0 radical (unpaired) electrons. The topological polar surface area (TPSA) is 157 Å². The maximum atomic E-state index is 14.1. The van der Waals surface area contributed by atoms with E-state index in [-0.39, 0.29) is 69.2 Å². The van der Waals surface area contributed by atoms with E-state index in [1.807, 2.05) is 22.6 Å². The average molecular weight is 764 g/mol. The van der Waals surface area contributed by atoms with E-state index in [0.29, 0.717) is 39.2 Å². The Hall–Kier alpha value is -4.99. The highest BCUT2D eigenvalue weighted by atomic mass is 127. The summed E-state index contributed by atoms with van der Waals surface area (Å²) in [5, 5.41) is 11.2. The first kappa shape index (κ1) is 31.6.